The van der Waals surface area contributed by atoms with Crippen molar-refractivity contribution in [2.24, 2.45) is 0 Å². The van der Waals surface area contributed by atoms with Crippen molar-refractivity contribution in [2.45, 2.75) is 58.8 Å². The predicted octanol–water partition coefficient (Wildman–Crippen LogP) is 3.52. The van der Waals surface area contributed by atoms with Crippen LogP contribution in [-0.2, 0) is 16.1 Å². The summed E-state index contributed by atoms with van der Waals surface area (Å²) in [4.78, 5) is 12.6. The van der Waals surface area contributed by atoms with Gasteiger partial charge < -0.3 is 19.3 Å². The van der Waals surface area contributed by atoms with Crippen molar-refractivity contribution in [2.75, 3.05) is 13.2 Å². The summed E-state index contributed by atoms with van der Waals surface area (Å²) in [7, 11) is 0. The Morgan fingerprint density at radius 3 is 2.67 bits per heavy atom. The highest BCUT2D eigenvalue weighted by Gasteiger charge is 2.29. The first kappa shape index (κ1) is 19.6. The summed E-state index contributed by atoms with van der Waals surface area (Å²) in [5.41, 5.74) is 3.67. The number of hydrogen-bond donors (Lipinski definition) is 1. The number of aryl methyl sites for hydroxylation is 2. The Hall–Kier alpha value is -2.18. The van der Waals surface area contributed by atoms with Crippen molar-refractivity contribution < 1.29 is 18.8 Å². The summed E-state index contributed by atoms with van der Waals surface area (Å²) in [6.45, 7) is 9.51. The molecule has 0 saturated carbocycles. The molecule has 2 aromatic rings. The lowest BCUT2D eigenvalue weighted by atomic mass is 10.0. The van der Waals surface area contributed by atoms with Crippen LogP contribution >= 0.6 is 0 Å². The van der Waals surface area contributed by atoms with Crippen LogP contribution in [0.1, 0.15) is 59.1 Å². The lowest BCUT2D eigenvalue weighted by molar-refractivity contribution is -0.0739. The average Bonchev–Trinajstić information content (AvgIpc) is 2.99. The van der Waals surface area contributed by atoms with Gasteiger partial charge in [-0.2, -0.15) is 0 Å². The molecule has 146 valence electrons. The fraction of sp³-hybridized carbons (Fsp3) is 0.524. The minimum Gasteiger partial charge on any atom is -0.379 e. The van der Waals surface area contributed by atoms with Gasteiger partial charge in [0.25, 0.3) is 5.91 Å². The molecule has 27 heavy (non-hydrogen) atoms. The Morgan fingerprint density at radius 2 is 2.04 bits per heavy atom. The molecule has 1 aromatic carbocycles. The van der Waals surface area contributed by atoms with Crippen LogP contribution in [0.5, 0.6) is 0 Å². The third kappa shape index (κ3) is 4.76. The number of nitrogens with one attached hydrogen (secondary N) is 1. The highest BCUT2D eigenvalue weighted by Crippen LogP contribution is 2.19. The van der Waals surface area contributed by atoms with Gasteiger partial charge in [0.05, 0.1) is 24.9 Å². The lowest BCUT2D eigenvalue weighted by Gasteiger charge is -2.32. The van der Waals surface area contributed by atoms with E-state index in [2.05, 4.69) is 24.3 Å². The Morgan fingerprint density at radius 1 is 1.30 bits per heavy atom. The van der Waals surface area contributed by atoms with Gasteiger partial charge in [0, 0.05) is 17.7 Å². The number of hydrogen-bond acceptors (Lipinski definition) is 5. The quantitative estimate of drug-likeness (QED) is 0.840. The topological polar surface area (TPSA) is 73.6 Å². The van der Waals surface area contributed by atoms with Gasteiger partial charge >= 0.3 is 0 Å². The molecule has 0 aliphatic carbocycles. The minimum atomic E-state index is -0.202. The highest BCUT2D eigenvalue weighted by molar-refractivity contribution is 5.94. The van der Waals surface area contributed by atoms with Gasteiger partial charge in [0.1, 0.15) is 11.9 Å². The fourth-order valence-corrected chi connectivity index (χ4v) is 3.21. The summed E-state index contributed by atoms with van der Waals surface area (Å²) in [6.07, 6.45) is 0.522. The summed E-state index contributed by atoms with van der Waals surface area (Å²) in [6, 6.07) is 7.69. The number of aromatic nitrogens is 1. The van der Waals surface area contributed by atoms with E-state index in [4.69, 9.17) is 14.0 Å². The Labute approximate surface area is 160 Å². The van der Waals surface area contributed by atoms with Crippen LogP contribution in [0.2, 0.25) is 0 Å². The molecule has 2 atom stereocenters. The molecular weight excluding hydrogens is 344 g/mol. The van der Waals surface area contributed by atoms with Crippen LogP contribution in [0.4, 0.5) is 0 Å². The zero-order chi connectivity index (χ0) is 19.4. The van der Waals surface area contributed by atoms with Crippen molar-refractivity contribution >= 4 is 5.91 Å². The van der Waals surface area contributed by atoms with Crippen LogP contribution in [0.3, 0.4) is 0 Å². The van der Waals surface area contributed by atoms with Gasteiger partial charge in [0.15, 0.2) is 0 Å². The zero-order valence-electron chi connectivity index (χ0n) is 16.5. The number of carbonyl (C=O) groups is 1. The number of nitrogens with zero attached hydrogens (tertiary/aromatic N) is 1. The molecular formula is C21H28N2O4. The van der Waals surface area contributed by atoms with E-state index in [1.807, 2.05) is 38.1 Å². The van der Waals surface area contributed by atoms with Gasteiger partial charge in [-0.3, -0.25) is 4.79 Å². The SMILES string of the molecule is Cc1noc(C)c1CO[C@@H]1COCC[C@H]1NC(=O)c1ccc(C(C)C)cc1. The molecule has 6 nitrogen and oxygen atoms in total. The third-order valence-electron chi connectivity index (χ3n) is 5.08. The number of ether oxygens (including phenoxy) is 2. The van der Waals surface area contributed by atoms with Gasteiger partial charge in [0.2, 0.25) is 0 Å². The molecule has 3 rings (SSSR count). The van der Waals surface area contributed by atoms with E-state index < -0.39 is 0 Å². The first-order valence-electron chi connectivity index (χ1n) is 9.47. The number of rotatable bonds is 6. The minimum absolute atomic E-state index is 0.0804. The maximum Gasteiger partial charge on any atom is 0.251 e. The highest BCUT2D eigenvalue weighted by atomic mass is 16.5. The van der Waals surface area contributed by atoms with E-state index in [1.165, 1.54) is 5.56 Å². The number of amides is 1. The van der Waals surface area contributed by atoms with Gasteiger partial charge in [-0.15, -0.1) is 0 Å². The van der Waals surface area contributed by atoms with Gasteiger partial charge in [-0.1, -0.05) is 31.1 Å². The van der Waals surface area contributed by atoms with Gasteiger partial charge in [-0.25, -0.2) is 0 Å². The van der Waals surface area contributed by atoms with Crippen LogP contribution in [0.25, 0.3) is 0 Å². The summed E-state index contributed by atoms with van der Waals surface area (Å²) in [5.74, 6) is 1.12. The van der Waals surface area contributed by atoms with Crippen molar-refractivity contribution in [1.29, 1.82) is 0 Å². The molecule has 1 fully saturated rings. The van der Waals surface area contributed by atoms with Crippen LogP contribution < -0.4 is 5.32 Å². The summed E-state index contributed by atoms with van der Waals surface area (Å²) in [5, 5.41) is 7.06. The van der Waals surface area contributed by atoms with E-state index in [-0.39, 0.29) is 18.1 Å². The van der Waals surface area contributed by atoms with E-state index in [9.17, 15) is 4.79 Å². The standard InChI is InChI=1S/C21H28N2O4/c1-13(2)16-5-7-17(8-6-16)21(24)22-19-9-10-25-12-20(19)26-11-18-14(3)23-27-15(18)4/h5-8,13,19-20H,9-12H2,1-4H3,(H,22,24)/t19-,20-/m1/s1. The molecule has 0 unspecified atom stereocenters. The zero-order valence-corrected chi connectivity index (χ0v) is 16.5. The van der Waals surface area contributed by atoms with E-state index in [0.29, 0.717) is 31.3 Å². The Balaban J connectivity index is 1.62. The molecule has 0 spiro atoms. The molecule has 0 bridgehead atoms. The molecule has 1 N–H and O–H groups in total. The van der Waals surface area contributed by atoms with E-state index in [0.717, 1.165) is 23.4 Å². The molecule has 1 aromatic heterocycles. The molecule has 2 heterocycles. The van der Waals surface area contributed by atoms with Crippen molar-refractivity contribution in [3.8, 4) is 0 Å². The second kappa shape index (κ2) is 8.67. The second-order valence-corrected chi connectivity index (χ2v) is 7.37. The first-order valence-corrected chi connectivity index (χ1v) is 9.47. The summed E-state index contributed by atoms with van der Waals surface area (Å²) < 4.78 is 16.8. The fourth-order valence-electron chi connectivity index (χ4n) is 3.21. The average molecular weight is 372 g/mol. The smallest absolute Gasteiger partial charge is 0.251 e. The number of carbonyl (C=O) groups excluding carboxylic acids is 1. The predicted molar refractivity (Wildman–Crippen MR) is 102 cm³/mol. The van der Waals surface area contributed by atoms with Crippen LogP contribution in [0.15, 0.2) is 28.8 Å². The molecule has 6 heteroatoms. The maximum absolute atomic E-state index is 12.6. The first-order chi connectivity index (χ1) is 13.0. The van der Waals surface area contributed by atoms with Crippen molar-refractivity contribution in [3.05, 3.63) is 52.4 Å². The van der Waals surface area contributed by atoms with Gasteiger partial charge in [-0.05, 0) is 43.9 Å². The van der Waals surface area contributed by atoms with Crippen molar-refractivity contribution in [1.82, 2.24) is 10.5 Å². The largest absolute Gasteiger partial charge is 0.379 e. The molecule has 1 amide bonds. The maximum atomic E-state index is 12.6. The molecule has 0 radical (unpaired) electrons. The monoisotopic (exact) mass is 372 g/mol. The number of benzene rings is 1. The molecule has 1 aliphatic heterocycles. The lowest BCUT2D eigenvalue weighted by Crippen LogP contribution is -2.50. The van der Waals surface area contributed by atoms with Crippen molar-refractivity contribution in [3.63, 3.8) is 0 Å². The van der Waals surface area contributed by atoms with Crippen LogP contribution in [0, 0.1) is 13.8 Å². The van der Waals surface area contributed by atoms with Crippen LogP contribution in [-0.4, -0.2) is 36.4 Å². The molecule has 1 aliphatic rings. The molecule has 1 saturated heterocycles. The third-order valence-corrected chi connectivity index (χ3v) is 5.08. The Bertz CT molecular complexity index is 747. The normalized spacial score (nSPS) is 20.0. The Kier molecular flexibility index (Phi) is 6.29. The summed E-state index contributed by atoms with van der Waals surface area (Å²) >= 11 is 0. The van der Waals surface area contributed by atoms with E-state index >= 15 is 0 Å². The van der Waals surface area contributed by atoms with E-state index in [1.54, 1.807) is 0 Å². The second-order valence-electron chi connectivity index (χ2n) is 7.37.